The molecule has 0 amide bonds. The Bertz CT molecular complexity index is 856. The lowest BCUT2D eigenvalue weighted by molar-refractivity contribution is -0.140. The first-order valence-electron chi connectivity index (χ1n) is 7.63. The number of aromatic nitrogens is 2. The molecule has 4 nitrogen and oxygen atoms in total. The number of rotatable bonds is 4. The highest BCUT2D eigenvalue weighted by molar-refractivity contribution is 5.78. The lowest BCUT2D eigenvalue weighted by Gasteiger charge is -2.07. The molecule has 3 aromatic rings. The van der Waals surface area contributed by atoms with E-state index < -0.39 is 11.9 Å². The number of hydrogen-bond acceptors (Lipinski definition) is 3. The fraction of sp³-hybridized carbons (Fsp3) is 0.167. The van der Waals surface area contributed by atoms with Gasteiger partial charge >= 0.3 is 6.18 Å². The number of aliphatic hydroxyl groups is 1. The van der Waals surface area contributed by atoms with E-state index in [-0.39, 0.29) is 18.0 Å². The standard InChI is InChI=1S/C18H16F3N3O/c19-18(20,21)16-15(13-4-2-1-3-5-13)17(22)24(23-16)14-8-6-12(7-9-14)10-11-25/h1-9,25H,10-11,22H2. The summed E-state index contributed by atoms with van der Waals surface area (Å²) in [5, 5.41) is 12.7. The van der Waals surface area contributed by atoms with Gasteiger partial charge in [0.25, 0.3) is 0 Å². The SMILES string of the molecule is Nc1c(-c2ccccc2)c(C(F)(F)F)nn1-c1ccc(CCO)cc1. The maximum Gasteiger partial charge on any atom is 0.435 e. The van der Waals surface area contributed by atoms with Crippen molar-refractivity contribution >= 4 is 5.82 Å². The van der Waals surface area contributed by atoms with Crippen LogP contribution >= 0.6 is 0 Å². The normalized spacial score (nSPS) is 11.7. The molecule has 0 aliphatic heterocycles. The van der Waals surface area contributed by atoms with Gasteiger partial charge in [-0.1, -0.05) is 42.5 Å². The van der Waals surface area contributed by atoms with E-state index in [1.54, 1.807) is 54.6 Å². The van der Waals surface area contributed by atoms with Crippen LogP contribution in [-0.2, 0) is 12.6 Å². The molecule has 0 fully saturated rings. The van der Waals surface area contributed by atoms with Gasteiger partial charge in [-0.3, -0.25) is 0 Å². The van der Waals surface area contributed by atoms with Crippen LogP contribution in [0.2, 0.25) is 0 Å². The average molecular weight is 347 g/mol. The predicted octanol–water partition coefficient (Wildman–Crippen LogP) is 3.68. The number of anilines is 1. The maximum absolute atomic E-state index is 13.4. The number of hydrogen-bond donors (Lipinski definition) is 2. The Balaban J connectivity index is 2.14. The second kappa shape index (κ2) is 6.60. The van der Waals surface area contributed by atoms with Gasteiger partial charge in [-0.2, -0.15) is 18.3 Å². The number of benzene rings is 2. The summed E-state index contributed by atoms with van der Waals surface area (Å²) in [6.07, 6.45) is -4.15. The Morgan fingerprint density at radius 3 is 2.20 bits per heavy atom. The molecule has 0 aliphatic rings. The Morgan fingerprint density at radius 2 is 1.64 bits per heavy atom. The average Bonchev–Trinajstić information content (AvgIpc) is 2.94. The van der Waals surface area contributed by atoms with Crippen LogP contribution in [0.3, 0.4) is 0 Å². The third-order valence-corrected chi connectivity index (χ3v) is 3.83. The summed E-state index contributed by atoms with van der Waals surface area (Å²) in [5.41, 5.74) is 6.52. The van der Waals surface area contributed by atoms with Crippen molar-refractivity contribution < 1.29 is 18.3 Å². The molecule has 0 saturated heterocycles. The third kappa shape index (κ3) is 3.36. The molecule has 0 bridgehead atoms. The fourth-order valence-electron chi connectivity index (χ4n) is 2.65. The van der Waals surface area contributed by atoms with Gasteiger partial charge < -0.3 is 10.8 Å². The van der Waals surface area contributed by atoms with E-state index in [4.69, 9.17) is 10.8 Å². The molecule has 0 radical (unpaired) electrons. The van der Waals surface area contributed by atoms with Crippen molar-refractivity contribution in [2.75, 3.05) is 12.3 Å². The Morgan fingerprint density at radius 1 is 1.00 bits per heavy atom. The molecule has 3 rings (SSSR count). The molecule has 0 unspecified atom stereocenters. The summed E-state index contributed by atoms with van der Waals surface area (Å²) in [7, 11) is 0. The first-order valence-corrected chi connectivity index (χ1v) is 7.63. The van der Waals surface area contributed by atoms with Crippen molar-refractivity contribution in [3.8, 4) is 16.8 Å². The largest absolute Gasteiger partial charge is 0.435 e. The molecule has 0 saturated carbocycles. The topological polar surface area (TPSA) is 64.1 Å². The number of nitrogens with zero attached hydrogens (tertiary/aromatic N) is 2. The van der Waals surface area contributed by atoms with Crippen molar-refractivity contribution in [1.29, 1.82) is 0 Å². The lowest BCUT2D eigenvalue weighted by Crippen LogP contribution is -2.08. The molecular weight excluding hydrogens is 331 g/mol. The second-order valence-corrected chi connectivity index (χ2v) is 5.52. The van der Waals surface area contributed by atoms with Gasteiger partial charge in [0.2, 0.25) is 0 Å². The van der Waals surface area contributed by atoms with Crippen LogP contribution in [-0.4, -0.2) is 21.5 Å². The molecule has 130 valence electrons. The van der Waals surface area contributed by atoms with E-state index >= 15 is 0 Å². The highest BCUT2D eigenvalue weighted by atomic mass is 19.4. The monoisotopic (exact) mass is 347 g/mol. The van der Waals surface area contributed by atoms with Crippen LogP contribution in [0.15, 0.2) is 54.6 Å². The molecule has 1 aromatic heterocycles. The summed E-state index contributed by atoms with van der Waals surface area (Å²) in [6.45, 7) is -0.000364. The minimum atomic E-state index is -4.62. The zero-order valence-electron chi connectivity index (χ0n) is 13.2. The maximum atomic E-state index is 13.4. The summed E-state index contributed by atoms with van der Waals surface area (Å²) < 4.78 is 41.4. The van der Waals surface area contributed by atoms with Crippen molar-refractivity contribution in [2.45, 2.75) is 12.6 Å². The molecular formula is C18H16F3N3O. The van der Waals surface area contributed by atoms with Crippen molar-refractivity contribution in [1.82, 2.24) is 9.78 Å². The Hall–Kier alpha value is -2.80. The lowest BCUT2D eigenvalue weighted by atomic mass is 10.1. The predicted molar refractivity (Wildman–Crippen MR) is 89.2 cm³/mol. The summed E-state index contributed by atoms with van der Waals surface area (Å²) in [4.78, 5) is 0. The summed E-state index contributed by atoms with van der Waals surface area (Å²) >= 11 is 0. The van der Waals surface area contributed by atoms with Gasteiger partial charge in [-0.15, -0.1) is 0 Å². The Kier molecular flexibility index (Phi) is 4.50. The van der Waals surface area contributed by atoms with Crippen LogP contribution in [0.4, 0.5) is 19.0 Å². The van der Waals surface area contributed by atoms with Crippen molar-refractivity contribution in [3.63, 3.8) is 0 Å². The van der Waals surface area contributed by atoms with E-state index in [1.807, 2.05) is 0 Å². The third-order valence-electron chi connectivity index (χ3n) is 3.83. The number of nitrogens with two attached hydrogens (primary N) is 1. The van der Waals surface area contributed by atoms with E-state index in [1.165, 1.54) is 0 Å². The molecule has 1 heterocycles. The Labute approximate surface area is 142 Å². The van der Waals surface area contributed by atoms with Crippen molar-refractivity contribution in [3.05, 3.63) is 65.9 Å². The summed E-state index contributed by atoms with van der Waals surface area (Å²) in [6, 6.07) is 14.9. The molecule has 3 N–H and O–H groups in total. The van der Waals surface area contributed by atoms with Crippen LogP contribution < -0.4 is 5.73 Å². The molecule has 0 atom stereocenters. The first-order chi connectivity index (χ1) is 11.9. The van der Waals surface area contributed by atoms with Crippen LogP contribution in [0, 0.1) is 0 Å². The van der Waals surface area contributed by atoms with E-state index in [0.717, 1.165) is 10.2 Å². The number of nitrogen functional groups attached to an aromatic ring is 1. The fourth-order valence-corrected chi connectivity index (χ4v) is 2.65. The smallest absolute Gasteiger partial charge is 0.396 e. The van der Waals surface area contributed by atoms with Gasteiger partial charge in [0, 0.05) is 6.61 Å². The van der Waals surface area contributed by atoms with Gasteiger partial charge in [0.15, 0.2) is 5.69 Å². The zero-order valence-corrected chi connectivity index (χ0v) is 13.2. The molecule has 0 spiro atoms. The molecule has 7 heteroatoms. The van der Waals surface area contributed by atoms with Gasteiger partial charge in [-0.25, -0.2) is 4.68 Å². The van der Waals surface area contributed by atoms with Gasteiger partial charge in [-0.05, 0) is 29.7 Å². The number of alkyl halides is 3. The van der Waals surface area contributed by atoms with Crippen LogP contribution in [0.25, 0.3) is 16.8 Å². The first kappa shape index (κ1) is 17.0. The minimum absolute atomic E-state index is 0.000364. The van der Waals surface area contributed by atoms with Crippen molar-refractivity contribution in [2.24, 2.45) is 0 Å². The highest BCUT2D eigenvalue weighted by Gasteiger charge is 2.39. The molecule has 2 aromatic carbocycles. The molecule has 25 heavy (non-hydrogen) atoms. The van der Waals surface area contributed by atoms with Crippen LogP contribution in [0.1, 0.15) is 11.3 Å². The number of halogens is 3. The zero-order chi connectivity index (χ0) is 18.0. The second-order valence-electron chi connectivity index (χ2n) is 5.52. The summed E-state index contributed by atoms with van der Waals surface area (Å²) in [5.74, 6) is -0.0755. The highest BCUT2D eigenvalue weighted by Crippen LogP contribution is 2.40. The quantitative estimate of drug-likeness (QED) is 0.757. The van der Waals surface area contributed by atoms with E-state index in [0.29, 0.717) is 17.7 Å². The van der Waals surface area contributed by atoms with Gasteiger partial charge in [0.05, 0.1) is 11.3 Å². The van der Waals surface area contributed by atoms with E-state index in [2.05, 4.69) is 5.10 Å². The van der Waals surface area contributed by atoms with Crippen LogP contribution in [0.5, 0.6) is 0 Å². The van der Waals surface area contributed by atoms with E-state index in [9.17, 15) is 13.2 Å². The molecule has 0 aliphatic carbocycles. The van der Waals surface area contributed by atoms with Gasteiger partial charge in [0.1, 0.15) is 5.82 Å². The number of aliphatic hydroxyl groups excluding tert-OH is 1. The minimum Gasteiger partial charge on any atom is -0.396 e.